The van der Waals surface area contributed by atoms with Crippen molar-refractivity contribution < 1.29 is 28.5 Å². The van der Waals surface area contributed by atoms with Crippen molar-refractivity contribution in [3.8, 4) is 17.2 Å². The molecule has 5 rings (SSSR count). The fraction of sp³-hybridized carbons (Fsp3) is 0.432. The molecule has 0 aliphatic carbocycles. The topological polar surface area (TPSA) is 107 Å². The maximum absolute atomic E-state index is 13.7. The van der Waals surface area contributed by atoms with E-state index in [4.69, 9.17) is 47.1 Å². The summed E-state index contributed by atoms with van der Waals surface area (Å²) >= 11 is 12.7. The van der Waals surface area contributed by atoms with Gasteiger partial charge in [-0.2, -0.15) is 0 Å². The Labute approximate surface area is 303 Å². The Morgan fingerprint density at radius 3 is 2.32 bits per heavy atom. The lowest BCUT2D eigenvalue weighted by Crippen LogP contribution is -2.41. The third kappa shape index (κ3) is 8.75. The van der Waals surface area contributed by atoms with E-state index in [0.717, 1.165) is 55.5 Å². The highest BCUT2D eigenvalue weighted by atomic mass is 35.5. The van der Waals surface area contributed by atoms with Crippen LogP contribution in [-0.4, -0.2) is 98.4 Å². The average molecular weight is 727 g/mol. The Hall–Kier alpha value is -4.19. The molecule has 1 aromatic heterocycles. The van der Waals surface area contributed by atoms with Crippen LogP contribution in [0.15, 0.2) is 54.6 Å². The van der Waals surface area contributed by atoms with Crippen molar-refractivity contribution in [1.29, 1.82) is 0 Å². The summed E-state index contributed by atoms with van der Waals surface area (Å²) in [6.07, 6.45) is 2.64. The minimum Gasteiger partial charge on any atom is -0.493 e. The van der Waals surface area contributed by atoms with Crippen molar-refractivity contribution in [3.63, 3.8) is 0 Å². The number of methoxy groups -OCH3 is 3. The van der Waals surface area contributed by atoms with Crippen molar-refractivity contribution in [2.24, 2.45) is 0 Å². The highest BCUT2D eigenvalue weighted by Gasteiger charge is 2.26. The molecule has 1 amide bonds. The number of likely N-dealkylation sites (tertiary alicyclic amines) is 1. The first kappa shape index (κ1) is 37.1. The van der Waals surface area contributed by atoms with Gasteiger partial charge in [0.05, 0.1) is 49.0 Å². The largest absolute Gasteiger partial charge is 0.493 e. The second kappa shape index (κ2) is 17.2. The van der Waals surface area contributed by atoms with Crippen LogP contribution in [-0.2, 0) is 16.1 Å². The second-order valence-corrected chi connectivity index (χ2v) is 13.1. The van der Waals surface area contributed by atoms with E-state index in [0.29, 0.717) is 52.0 Å². The average Bonchev–Trinajstić information content (AvgIpc) is 3.46. The van der Waals surface area contributed by atoms with E-state index < -0.39 is 0 Å². The predicted octanol–water partition coefficient (Wildman–Crippen LogP) is 6.75. The number of esters is 1. The Morgan fingerprint density at radius 2 is 1.68 bits per heavy atom. The van der Waals surface area contributed by atoms with Crippen molar-refractivity contribution in [2.45, 2.75) is 44.7 Å². The van der Waals surface area contributed by atoms with Crippen LogP contribution in [0.3, 0.4) is 0 Å². The van der Waals surface area contributed by atoms with Crippen LogP contribution in [0.1, 0.15) is 48.0 Å². The number of halogens is 2. The molecule has 1 N–H and O–H groups in total. The number of hydrogen-bond acceptors (Lipinski definition) is 9. The number of aromatic nitrogens is 2. The van der Waals surface area contributed by atoms with Gasteiger partial charge in [0.1, 0.15) is 6.54 Å². The molecule has 0 radical (unpaired) electrons. The standard InChI is InChI=1S/C37H45Cl2N5O6/c1-6-50-34(45)23-44-31-10-8-7-9-30(31)41-37(44)40-27-14-17-43(18-15-27)16-13-25(24-11-12-28(38)29(39)19-24)22-42(2)36(46)26-20-32(47-3)35(49-5)33(21-26)48-4/h7-12,19-21,25,27H,6,13-18,22-23H2,1-5H3,(H,40,41). The normalized spacial score (nSPS) is 14.3. The summed E-state index contributed by atoms with van der Waals surface area (Å²) in [6.45, 7) is 5.32. The number of amides is 1. The number of nitrogens with zero attached hydrogens (tertiary/aromatic N) is 4. The monoisotopic (exact) mass is 725 g/mol. The molecular weight excluding hydrogens is 681 g/mol. The molecule has 268 valence electrons. The van der Waals surface area contributed by atoms with E-state index >= 15 is 0 Å². The molecule has 13 heteroatoms. The van der Waals surface area contributed by atoms with Crippen LogP contribution in [0.2, 0.25) is 10.0 Å². The first-order chi connectivity index (χ1) is 24.1. The number of nitrogens with one attached hydrogen (secondary N) is 1. The van der Waals surface area contributed by atoms with Crippen molar-refractivity contribution in [2.75, 3.05) is 66.5 Å². The molecule has 4 aromatic rings. The zero-order valence-electron chi connectivity index (χ0n) is 29.2. The minimum atomic E-state index is -0.291. The van der Waals surface area contributed by atoms with Crippen LogP contribution >= 0.6 is 23.2 Å². The molecule has 50 heavy (non-hydrogen) atoms. The third-order valence-corrected chi connectivity index (χ3v) is 9.87. The van der Waals surface area contributed by atoms with Gasteiger partial charge in [-0.1, -0.05) is 41.4 Å². The van der Waals surface area contributed by atoms with Gasteiger partial charge in [-0.15, -0.1) is 0 Å². The summed E-state index contributed by atoms with van der Waals surface area (Å²) in [7, 11) is 6.37. The number of rotatable bonds is 15. The quantitative estimate of drug-likeness (QED) is 0.133. The Bertz CT molecular complexity index is 1770. The Morgan fingerprint density at radius 1 is 0.980 bits per heavy atom. The summed E-state index contributed by atoms with van der Waals surface area (Å²) in [5.41, 5.74) is 3.17. The summed E-state index contributed by atoms with van der Waals surface area (Å²) < 4.78 is 23.5. The summed E-state index contributed by atoms with van der Waals surface area (Å²) in [4.78, 5) is 35.1. The van der Waals surface area contributed by atoms with Crippen LogP contribution in [0.5, 0.6) is 17.2 Å². The number of ether oxygens (including phenoxy) is 4. The smallest absolute Gasteiger partial charge is 0.326 e. The molecule has 1 atom stereocenters. The van der Waals surface area contributed by atoms with Gasteiger partial charge in [0, 0.05) is 44.2 Å². The minimum absolute atomic E-state index is 0.000567. The van der Waals surface area contributed by atoms with Gasteiger partial charge in [-0.3, -0.25) is 14.2 Å². The SMILES string of the molecule is CCOC(=O)Cn1c(NC2CCN(CCC(CN(C)C(=O)c3cc(OC)c(OC)c(OC)c3)c3ccc(Cl)c(Cl)c3)CC2)nc2ccccc21. The van der Waals surface area contributed by atoms with Gasteiger partial charge in [0.25, 0.3) is 5.91 Å². The first-order valence-corrected chi connectivity index (χ1v) is 17.5. The van der Waals surface area contributed by atoms with E-state index in [1.165, 1.54) is 21.3 Å². The lowest BCUT2D eigenvalue weighted by molar-refractivity contribution is -0.143. The molecule has 1 aliphatic heterocycles. The molecule has 3 aromatic carbocycles. The van der Waals surface area contributed by atoms with Gasteiger partial charge >= 0.3 is 5.97 Å². The van der Waals surface area contributed by atoms with Crippen LogP contribution < -0.4 is 19.5 Å². The maximum atomic E-state index is 13.7. The number of fused-ring (bicyclic) bond motifs is 1. The van der Waals surface area contributed by atoms with E-state index in [1.54, 1.807) is 37.1 Å². The van der Waals surface area contributed by atoms with Crippen molar-refractivity contribution in [1.82, 2.24) is 19.4 Å². The van der Waals surface area contributed by atoms with Gasteiger partial charge in [-0.05, 0) is 74.7 Å². The number of hydrogen-bond donors (Lipinski definition) is 1. The molecule has 1 unspecified atom stereocenters. The number of carbonyl (C=O) groups excluding carboxylic acids is 2. The number of para-hydroxylation sites is 2. The fourth-order valence-electron chi connectivity index (χ4n) is 6.47. The molecule has 0 saturated carbocycles. The number of likely N-dealkylation sites (N-methyl/N-ethyl adjacent to an activating group) is 1. The number of imidazole rings is 1. The Kier molecular flexibility index (Phi) is 12.7. The molecule has 11 nitrogen and oxygen atoms in total. The number of anilines is 1. The van der Waals surface area contributed by atoms with Crippen LogP contribution in [0, 0.1) is 0 Å². The van der Waals surface area contributed by atoms with E-state index in [9.17, 15) is 9.59 Å². The molecule has 2 heterocycles. The van der Waals surface area contributed by atoms with Crippen molar-refractivity contribution in [3.05, 3.63) is 75.8 Å². The highest BCUT2D eigenvalue weighted by Crippen LogP contribution is 2.39. The van der Waals surface area contributed by atoms with E-state index in [1.807, 2.05) is 41.0 Å². The zero-order valence-corrected chi connectivity index (χ0v) is 30.7. The lowest BCUT2D eigenvalue weighted by atomic mass is 9.94. The molecule has 1 fully saturated rings. The first-order valence-electron chi connectivity index (χ1n) is 16.8. The predicted molar refractivity (Wildman–Crippen MR) is 196 cm³/mol. The number of piperidine rings is 1. The third-order valence-electron chi connectivity index (χ3n) is 9.13. The Balaban J connectivity index is 1.24. The van der Waals surface area contributed by atoms with Gasteiger partial charge < -0.3 is 34.1 Å². The summed E-state index contributed by atoms with van der Waals surface area (Å²) in [5, 5.41) is 4.57. The molecule has 1 saturated heterocycles. The summed E-state index contributed by atoms with van der Waals surface area (Å²) in [6, 6.07) is 17.0. The van der Waals surface area contributed by atoms with Gasteiger partial charge in [-0.25, -0.2) is 4.98 Å². The highest BCUT2D eigenvalue weighted by molar-refractivity contribution is 6.42. The van der Waals surface area contributed by atoms with E-state index in [2.05, 4.69) is 10.2 Å². The summed E-state index contributed by atoms with van der Waals surface area (Å²) in [5.74, 6) is 1.47. The number of benzene rings is 3. The molecule has 0 bridgehead atoms. The molecule has 1 aliphatic rings. The second-order valence-electron chi connectivity index (χ2n) is 12.3. The molecule has 0 spiro atoms. The van der Waals surface area contributed by atoms with Gasteiger partial charge in [0.15, 0.2) is 11.5 Å². The molecular formula is C37H45Cl2N5O6. The van der Waals surface area contributed by atoms with E-state index in [-0.39, 0.29) is 30.4 Å². The number of carbonyl (C=O) groups is 2. The fourth-order valence-corrected chi connectivity index (χ4v) is 6.78. The van der Waals surface area contributed by atoms with Crippen LogP contribution in [0.4, 0.5) is 5.95 Å². The van der Waals surface area contributed by atoms with Crippen LogP contribution in [0.25, 0.3) is 11.0 Å². The maximum Gasteiger partial charge on any atom is 0.326 e. The lowest BCUT2D eigenvalue weighted by Gasteiger charge is -2.34. The van der Waals surface area contributed by atoms with Crippen molar-refractivity contribution >= 4 is 52.1 Å². The zero-order chi connectivity index (χ0) is 35.8. The van der Waals surface area contributed by atoms with Gasteiger partial charge in [0.2, 0.25) is 11.7 Å².